The number of benzene rings is 1. The average molecular weight is 332 g/mol. The van der Waals surface area contributed by atoms with E-state index in [1.165, 1.54) is 24.4 Å². The molecule has 1 unspecified atom stereocenters. The van der Waals surface area contributed by atoms with Gasteiger partial charge in [0.2, 0.25) is 0 Å². The molecule has 1 fully saturated rings. The minimum Gasteiger partial charge on any atom is -0.462 e. The first-order valence-corrected chi connectivity index (χ1v) is 7.92. The number of ether oxygens (including phenoxy) is 1. The first-order valence-electron chi connectivity index (χ1n) is 7.92. The molecule has 0 radical (unpaired) electrons. The lowest BCUT2D eigenvalue weighted by molar-refractivity contribution is 0.0526. The smallest absolute Gasteiger partial charge is 0.339 e. The minimum absolute atomic E-state index is 0.142. The summed E-state index contributed by atoms with van der Waals surface area (Å²) in [5.74, 6) is -0.954. The molecule has 0 N–H and O–H groups in total. The Morgan fingerprint density at radius 3 is 2.67 bits per heavy atom. The van der Waals surface area contributed by atoms with Gasteiger partial charge >= 0.3 is 5.97 Å². The third kappa shape index (κ3) is 3.22. The maximum Gasteiger partial charge on any atom is 0.339 e. The number of hydrogen-bond donors (Lipinski definition) is 0. The van der Waals surface area contributed by atoms with Crippen LogP contribution >= 0.6 is 0 Å². The molecule has 6 heteroatoms. The van der Waals surface area contributed by atoms with E-state index in [0.717, 1.165) is 0 Å². The molecule has 1 aliphatic rings. The topological polar surface area (TPSA) is 42.4 Å². The summed E-state index contributed by atoms with van der Waals surface area (Å²) in [6.45, 7) is 3.20. The Hall–Kier alpha value is -2.50. The summed E-state index contributed by atoms with van der Waals surface area (Å²) in [5.41, 5.74) is 0.527. The molecular formula is C18H18F2N2O2. The fraction of sp³-hybridized carbons (Fsp3) is 0.333. The number of carbonyl (C=O) groups excluding carboxylic acids is 1. The maximum atomic E-state index is 13.9. The van der Waals surface area contributed by atoms with Crippen LogP contribution in [0.25, 0.3) is 0 Å². The lowest BCUT2D eigenvalue weighted by Crippen LogP contribution is -2.21. The zero-order chi connectivity index (χ0) is 17.1. The van der Waals surface area contributed by atoms with E-state index in [1.54, 1.807) is 19.1 Å². The van der Waals surface area contributed by atoms with E-state index in [-0.39, 0.29) is 11.5 Å². The lowest BCUT2D eigenvalue weighted by atomic mass is 9.97. The highest BCUT2D eigenvalue weighted by Gasteiger charge is 2.29. The van der Waals surface area contributed by atoms with Gasteiger partial charge in [-0.3, -0.25) is 0 Å². The predicted octanol–water partition coefficient (Wildman–Crippen LogP) is 3.53. The maximum absolute atomic E-state index is 13.9. The fourth-order valence-corrected chi connectivity index (χ4v) is 3.01. The van der Waals surface area contributed by atoms with E-state index in [9.17, 15) is 13.6 Å². The number of aromatic nitrogens is 1. The Morgan fingerprint density at radius 1 is 1.29 bits per heavy atom. The van der Waals surface area contributed by atoms with Crippen LogP contribution in [0.1, 0.15) is 35.2 Å². The van der Waals surface area contributed by atoms with Crippen molar-refractivity contribution in [1.82, 2.24) is 4.98 Å². The van der Waals surface area contributed by atoms with Gasteiger partial charge in [-0.25, -0.2) is 18.6 Å². The summed E-state index contributed by atoms with van der Waals surface area (Å²) < 4.78 is 32.8. The second kappa shape index (κ2) is 6.95. The molecule has 3 rings (SSSR count). The number of anilines is 1. The summed E-state index contributed by atoms with van der Waals surface area (Å²) in [5, 5.41) is 0. The Bertz CT molecular complexity index is 714. The van der Waals surface area contributed by atoms with E-state index in [0.29, 0.717) is 37.5 Å². The van der Waals surface area contributed by atoms with E-state index in [2.05, 4.69) is 4.98 Å². The Balaban J connectivity index is 1.73. The van der Waals surface area contributed by atoms with E-state index in [1.807, 2.05) is 4.90 Å². The van der Waals surface area contributed by atoms with Crippen molar-refractivity contribution in [2.24, 2.45) is 0 Å². The Morgan fingerprint density at radius 2 is 2.04 bits per heavy atom. The molecule has 0 bridgehead atoms. The lowest BCUT2D eigenvalue weighted by Gasteiger charge is -2.18. The number of carbonyl (C=O) groups is 1. The van der Waals surface area contributed by atoms with Crippen LogP contribution < -0.4 is 4.90 Å². The van der Waals surface area contributed by atoms with Gasteiger partial charge in [0.1, 0.15) is 17.5 Å². The molecule has 126 valence electrons. The minimum atomic E-state index is -0.507. The van der Waals surface area contributed by atoms with Crippen LogP contribution in [-0.2, 0) is 4.74 Å². The second-order valence-electron chi connectivity index (χ2n) is 5.69. The SMILES string of the molecule is CCOC(=O)c1ccc(N2CCC(c3c(F)cccc3F)C2)nc1. The van der Waals surface area contributed by atoms with Gasteiger partial charge in [0.25, 0.3) is 0 Å². The second-order valence-corrected chi connectivity index (χ2v) is 5.69. The summed E-state index contributed by atoms with van der Waals surface area (Å²) >= 11 is 0. The van der Waals surface area contributed by atoms with Gasteiger partial charge in [-0.15, -0.1) is 0 Å². The van der Waals surface area contributed by atoms with Crippen LogP contribution in [0.5, 0.6) is 0 Å². The van der Waals surface area contributed by atoms with Crippen LogP contribution in [0, 0.1) is 11.6 Å². The Labute approximate surface area is 139 Å². The van der Waals surface area contributed by atoms with Crippen molar-refractivity contribution in [3.8, 4) is 0 Å². The van der Waals surface area contributed by atoms with Crippen LogP contribution in [0.15, 0.2) is 36.5 Å². The van der Waals surface area contributed by atoms with Gasteiger partial charge in [-0.05, 0) is 37.6 Å². The number of nitrogens with zero attached hydrogens (tertiary/aromatic N) is 2. The van der Waals surface area contributed by atoms with Crippen LogP contribution in [0.2, 0.25) is 0 Å². The highest BCUT2D eigenvalue weighted by Crippen LogP contribution is 2.32. The van der Waals surface area contributed by atoms with E-state index >= 15 is 0 Å². The number of rotatable bonds is 4. The molecular weight excluding hydrogens is 314 g/mol. The summed E-state index contributed by atoms with van der Waals surface area (Å²) in [6.07, 6.45) is 2.11. The first-order chi connectivity index (χ1) is 11.6. The zero-order valence-electron chi connectivity index (χ0n) is 13.3. The van der Waals surface area contributed by atoms with Crippen molar-refractivity contribution in [1.29, 1.82) is 0 Å². The predicted molar refractivity (Wildman–Crippen MR) is 86.1 cm³/mol. The molecule has 24 heavy (non-hydrogen) atoms. The molecule has 1 aromatic carbocycles. The molecule has 2 aromatic rings. The van der Waals surface area contributed by atoms with Gasteiger partial charge in [0.15, 0.2) is 0 Å². The van der Waals surface area contributed by atoms with Crippen LogP contribution in [0.3, 0.4) is 0 Å². The molecule has 4 nitrogen and oxygen atoms in total. The standard InChI is InChI=1S/C18H18F2N2O2/c1-2-24-18(23)12-6-7-16(21-10-12)22-9-8-13(11-22)17-14(19)4-3-5-15(17)20/h3-7,10,13H,2,8-9,11H2,1H3. The molecule has 1 saturated heterocycles. The third-order valence-corrected chi connectivity index (χ3v) is 4.18. The van der Waals surface area contributed by atoms with Crippen molar-refractivity contribution in [2.75, 3.05) is 24.6 Å². The molecule has 0 aliphatic carbocycles. The normalized spacial score (nSPS) is 17.1. The molecule has 1 atom stereocenters. The van der Waals surface area contributed by atoms with Gasteiger partial charge in [0.05, 0.1) is 12.2 Å². The van der Waals surface area contributed by atoms with Gasteiger partial charge in [0, 0.05) is 30.8 Å². The first kappa shape index (κ1) is 16.4. The average Bonchev–Trinajstić information content (AvgIpc) is 3.05. The Kier molecular flexibility index (Phi) is 4.74. The van der Waals surface area contributed by atoms with E-state index in [4.69, 9.17) is 4.74 Å². The summed E-state index contributed by atoms with van der Waals surface area (Å²) in [7, 11) is 0. The number of halogens is 2. The van der Waals surface area contributed by atoms with Crippen LogP contribution in [-0.4, -0.2) is 30.6 Å². The van der Waals surface area contributed by atoms with Crippen molar-refractivity contribution in [3.63, 3.8) is 0 Å². The van der Waals surface area contributed by atoms with Gasteiger partial charge < -0.3 is 9.64 Å². The highest BCUT2D eigenvalue weighted by molar-refractivity contribution is 5.89. The third-order valence-electron chi connectivity index (χ3n) is 4.18. The largest absolute Gasteiger partial charge is 0.462 e. The molecule has 1 aliphatic heterocycles. The van der Waals surface area contributed by atoms with Crippen molar-refractivity contribution in [2.45, 2.75) is 19.3 Å². The van der Waals surface area contributed by atoms with Crippen molar-refractivity contribution < 1.29 is 18.3 Å². The van der Waals surface area contributed by atoms with Crippen LogP contribution in [0.4, 0.5) is 14.6 Å². The number of esters is 1. The monoisotopic (exact) mass is 332 g/mol. The molecule has 0 amide bonds. The summed E-state index contributed by atoms with van der Waals surface area (Å²) in [6, 6.07) is 7.32. The molecule has 2 heterocycles. The molecule has 0 saturated carbocycles. The van der Waals surface area contributed by atoms with Gasteiger partial charge in [-0.1, -0.05) is 6.07 Å². The fourth-order valence-electron chi connectivity index (χ4n) is 3.01. The number of pyridine rings is 1. The summed E-state index contributed by atoms with van der Waals surface area (Å²) in [4.78, 5) is 17.9. The van der Waals surface area contributed by atoms with Gasteiger partial charge in [-0.2, -0.15) is 0 Å². The molecule has 0 spiro atoms. The van der Waals surface area contributed by atoms with Crippen molar-refractivity contribution >= 4 is 11.8 Å². The van der Waals surface area contributed by atoms with Crippen molar-refractivity contribution in [3.05, 3.63) is 59.3 Å². The molecule has 1 aromatic heterocycles. The zero-order valence-corrected chi connectivity index (χ0v) is 13.3. The quantitative estimate of drug-likeness (QED) is 0.803. The number of hydrogen-bond acceptors (Lipinski definition) is 4. The van der Waals surface area contributed by atoms with E-state index < -0.39 is 17.6 Å². The highest BCUT2D eigenvalue weighted by atomic mass is 19.1.